The van der Waals surface area contributed by atoms with Crippen molar-refractivity contribution in [3.8, 4) is 5.75 Å². The fourth-order valence-corrected chi connectivity index (χ4v) is 3.72. The minimum atomic E-state index is -3.43. The molecule has 1 aromatic heterocycles. The van der Waals surface area contributed by atoms with Crippen molar-refractivity contribution in [2.45, 2.75) is 19.9 Å². The smallest absolute Gasteiger partial charge is 0.214 e. The average molecular weight is 391 g/mol. The van der Waals surface area contributed by atoms with E-state index in [1.54, 1.807) is 0 Å². The number of fused-ring (bicyclic) bond motifs is 1. The van der Waals surface area contributed by atoms with Crippen molar-refractivity contribution in [2.24, 2.45) is 0 Å². The van der Waals surface area contributed by atoms with Gasteiger partial charge in [0.2, 0.25) is 10.0 Å². The van der Waals surface area contributed by atoms with Gasteiger partial charge in [0.05, 0.1) is 16.8 Å². The molecular formula is C19H22FN3O3S. The van der Waals surface area contributed by atoms with Crippen LogP contribution in [0, 0.1) is 12.7 Å². The van der Waals surface area contributed by atoms with Crippen molar-refractivity contribution in [3.63, 3.8) is 0 Å². The van der Waals surface area contributed by atoms with Gasteiger partial charge in [0.15, 0.2) is 0 Å². The quantitative estimate of drug-likeness (QED) is 0.569. The van der Waals surface area contributed by atoms with Crippen LogP contribution in [-0.2, 0) is 16.6 Å². The van der Waals surface area contributed by atoms with Crippen LogP contribution in [0.3, 0.4) is 0 Å². The van der Waals surface area contributed by atoms with Gasteiger partial charge in [-0.1, -0.05) is 12.1 Å². The summed E-state index contributed by atoms with van der Waals surface area (Å²) < 4.78 is 46.9. The van der Waals surface area contributed by atoms with Gasteiger partial charge < -0.3 is 9.30 Å². The molecule has 144 valence electrons. The zero-order valence-electron chi connectivity index (χ0n) is 15.1. The Balaban J connectivity index is 1.43. The van der Waals surface area contributed by atoms with Crippen molar-refractivity contribution in [1.29, 1.82) is 0 Å². The number of nitrogens with zero attached hydrogens (tertiary/aromatic N) is 2. The van der Waals surface area contributed by atoms with Crippen LogP contribution in [0.2, 0.25) is 0 Å². The normalized spacial score (nSPS) is 11.8. The van der Waals surface area contributed by atoms with Gasteiger partial charge in [0.1, 0.15) is 24.0 Å². The minimum absolute atomic E-state index is 0.00618. The number of halogens is 1. The molecule has 0 aliphatic carbocycles. The molecular weight excluding hydrogens is 369 g/mol. The molecule has 1 heterocycles. The summed E-state index contributed by atoms with van der Waals surface area (Å²) in [7, 11) is -3.43. The van der Waals surface area contributed by atoms with E-state index in [0.717, 1.165) is 16.9 Å². The van der Waals surface area contributed by atoms with E-state index in [1.807, 2.05) is 31.2 Å². The lowest BCUT2D eigenvalue weighted by molar-refractivity contribution is 0.339. The van der Waals surface area contributed by atoms with E-state index in [0.29, 0.717) is 25.3 Å². The Bertz CT molecular complexity index is 1000. The Hall–Kier alpha value is -2.45. The predicted molar refractivity (Wildman–Crippen MR) is 103 cm³/mol. The number of sulfonamides is 1. The number of hydrogen-bond acceptors (Lipinski definition) is 4. The molecule has 0 fully saturated rings. The number of imidazole rings is 1. The van der Waals surface area contributed by atoms with E-state index in [1.165, 1.54) is 24.3 Å². The maximum atomic E-state index is 12.8. The van der Waals surface area contributed by atoms with Gasteiger partial charge in [-0.25, -0.2) is 22.5 Å². The van der Waals surface area contributed by atoms with Crippen molar-refractivity contribution < 1.29 is 17.5 Å². The van der Waals surface area contributed by atoms with Gasteiger partial charge in [-0.15, -0.1) is 0 Å². The molecule has 2 aromatic carbocycles. The molecule has 0 amide bonds. The zero-order valence-corrected chi connectivity index (χ0v) is 15.9. The first-order valence-corrected chi connectivity index (χ1v) is 10.4. The maximum Gasteiger partial charge on any atom is 0.214 e. The summed E-state index contributed by atoms with van der Waals surface area (Å²) in [5.74, 6) is 0.829. The van der Waals surface area contributed by atoms with Crippen molar-refractivity contribution in [1.82, 2.24) is 14.3 Å². The van der Waals surface area contributed by atoms with Crippen LogP contribution in [0.4, 0.5) is 4.39 Å². The van der Waals surface area contributed by atoms with E-state index < -0.39 is 10.0 Å². The molecule has 0 atom stereocenters. The third kappa shape index (κ3) is 5.27. The van der Waals surface area contributed by atoms with Crippen LogP contribution in [0.25, 0.3) is 11.0 Å². The number of aryl methyl sites for hydroxylation is 2. The minimum Gasteiger partial charge on any atom is -0.492 e. The van der Waals surface area contributed by atoms with Crippen LogP contribution in [0.1, 0.15) is 12.2 Å². The van der Waals surface area contributed by atoms with Gasteiger partial charge in [-0.3, -0.25) is 0 Å². The second kappa shape index (κ2) is 8.49. The molecule has 27 heavy (non-hydrogen) atoms. The van der Waals surface area contributed by atoms with E-state index in [-0.39, 0.29) is 18.2 Å². The molecule has 0 saturated heterocycles. The third-order valence-electron chi connectivity index (χ3n) is 4.16. The highest BCUT2D eigenvalue weighted by Crippen LogP contribution is 2.15. The first-order valence-electron chi connectivity index (χ1n) is 8.72. The summed E-state index contributed by atoms with van der Waals surface area (Å²) >= 11 is 0. The first kappa shape index (κ1) is 19.3. The molecule has 0 aliphatic heterocycles. The monoisotopic (exact) mass is 391 g/mol. The fourth-order valence-electron chi connectivity index (χ4n) is 2.82. The van der Waals surface area contributed by atoms with Crippen LogP contribution in [-0.4, -0.2) is 36.9 Å². The summed E-state index contributed by atoms with van der Waals surface area (Å²) in [5.41, 5.74) is 1.99. The largest absolute Gasteiger partial charge is 0.492 e. The Kier molecular flexibility index (Phi) is 6.08. The number of nitrogens with one attached hydrogen (secondary N) is 1. The maximum absolute atomic E-state index is 12.8. The summed E-state index contributed by atoms with van der Waals surface area (Å²) in [4.78, 5) is 4.50. The van der Waals surface area contributed by atoms with Crippen LogP contribution >= 0.6 is 0 Å². The highest BCUT2D eigenvalue weighted by atomic mass is 32.2. The van der Waals surface area contributed by atoms with E-state index in [4.69, 9.17) is 4.74 Å². The molecule has 0 unspecified atom stereocenters. The number of hydrogen-bond donors (Lipinski definition) is 1. The molecule has 0 saturated carbocycles. The molecule has 0 aliphatic rings. The highest BCUT2D eigenvalue weighted by molar-refractivity contribution is 7.89. The van der Waals surface area contributed by atoms with Gasteiger partial charge in [-0.2, -0.15) is 0 Å². The number of para-hydroxylation sites is 2. The summed E-state index contributed by atoms with van der Waals surface area (Å²) in [6.45, 7) is 2.97. The van der Waals surface area contributed by atoms with E-state index >= 15 is 0 Å². The second-order valence-corrected chi connectivity index (χ2v) is 8.09. The molecule has 6 nitrogen and oxygen atoms in total. The van der Waals surface area contributed by atoms with E-state index in [9.17, 15) is 12.8 Å². The molecule has 0 radical (unpaired) electrons. The Labute approximate surface area is 158 Å². The lowest BCUT2D eigenvalue weighted by Crippen LogP contribution is -2.30. The number of benzene rings is 2. The Morgan fingerprint density at radius 1 is 1.15 bits per heavy atom. The standard InChI is InChI=1S/C19H22FN3O3S/c1-15-22-18-5-2-3-6-19(18)23(15)12-4-11-21-27(24,25)14-13-26-17-9-7-16(20)8-10-17/h2-3,5-10,21H,4,11-14H2,1H3. The molecule has 3 rings (SSSR count). The lowest BCUT2D eigenvalue weighted by atomic mass is 10.3. The average Bonchev–Trinajstić information content (AvgIpc) is 2.96. The number of rotatable bonds is 9. The van der Waals surface area contributed by atoms with E-state index in [2.05, 4.69) is 14.3 Å². The molecule has 1 N–H and O–H groups in total. The molecule has 0 bridgehead atoms. The number of aromatic nitrogens is 2. The van der Waals surface area contributed by atoms with Gasteiger partial charge in [0.25, 0.3) is 0 Å². The SMILES string of the molecule is Cc1nc2ccccc2n1CCCNS(=O)(=O)CCOc1ccc(F)cc1. The Morgan fingerprint density at radius 3 is 2.67 bits per heavy atom. The third-order valence-corrected chi connectivity index (χ3v) is 5.51. The van der Waals surface area contributed by atoms with Crippen LogP contribution in [0.5, 0.6) is 5.75 Å². The van der Waals surface area contributed by atoms with Crippen molar-refractivity contribution >= 4 is 21.1 Å². The molecule has 0 spiro atoms. The summed E-state index contributed by atoms with van der Waals surface area (Å²) in [6.07, 6.45) is 0.652. The van der Waals surface area contributed by atoms with Gasteiger partial charge >= 0.3 is 0 Å². The zero-order chi connectivity index (χ0) is 19.3. The van der Waals surface area contributed by atoms with Gasteiger partial charge in [-0.05, 0) is 49.7 Å². The molecule has 8 heteroatoms. The van der Waals surface area contributed by atoms with Crippen molar-refractivity contribution in [2.75, 3.05) is 18.9 Å². The van der Waals surface area contributed by atoms with Gasteiger partial charge in [0, 0.05) is 13.1 Å². The predicted octanol–water partition coefficient (Wildman–Crippen LogP) is 2.87. The topological polar surface area (TPSA) is 73.2 Å². The second-order valence-electron chi connectivity index (χ2n) is 6.17. The first-order chi connectivity index (χ1) is 12.9. The Morgan fingerprint density at radius 2 is 1.89 bits per heavy atom. The highest BCUT2D eigenvalue weighted by Gasteiger charge is 2.11. The molecule has 3 aromatic rings. The van der Waals surface area contributed by atoms with Crippen LogP contribution in [0.15, 0.2) is 48.5 Å². The lowest BCUT2D eigenvalue weighted by Gasteiger charge is -2.10. The number of ether oxygens (including phenoxy) is 1. The summed E-state index contributed by atoms with van der Waals surface area (Å²) in [5, 5.41) is 0. The summed E-state index contributed by atoms with van der Waals surface area (Å²) in [6, 6.07) is 13.3. The fraction of sp³-hybridized carbons (Fsp3) is 0.316. The van der Waals surface area contributed by atoms with Crippen LogP contribution < -0.4 is 9.46 Å². The van der Waals surface area contributed by atoms with Crippen molar-refractivity contribution in [3.05, 3.63) is 60.2 Å².